The molecule has 0 rings (SSSR count). The Morgan fingerprint density at radius 2 is 1.80 bits per heavy atom. The zero-order valence-corrected chi connectivity index (χ0v) is 10.6. The number of carbonyl (C=O) groups excluding carboxylic acids is 1. The summed E-state index contributed by atoms with van der Waals surface area (Å²) in [5.41, 5.74) is 5.78. The van der Waals surface area contributed by atoms with Crippen molar-refractivity contribution in [1.82, 2.24) is 0 Å². The van der Waals surface area contributed by atoms with Crippen LogP contribution in [0.1, 0.15) is 47.5 Å². The van der Waals surface area contributed by atoms with E-state index in [9.17, 15) is 4.79 Å². The zero-order valence-electron chi connectivity index (χ0n) is 10.6. The van der Waals surface area contributed by atoms with E-state index in [-0.39, 0.29) is 18.0 Å². The molecule has 0 fully saturated rings. The predicted octanol–water partition coefficient (Wildman–Crippen LogP) is 2.34. The van der Waals surface area contributed by atoms with Crippen LogP contribution in [0.15, 0.2) is 0 Å². The topological polar surface area (TPSA) is 52.3 Å². The first kappa shape index (κ1) is 14.4. The molecule has 0 spiro atoms. The third-order valence-corrected chi connectivity index (χ3v) is 2.65. The van der Waals surface area contributed by atoms with Gasteiger partial charge in [0.1, 0.15) is 6.04 Å². The average molecular weight is 215 g/mol. The molecule has 2 N–H and O–H groups in total. The maximum absolute atomic E-state index is 11.6. The van der Waals surface area contributed by atoms with Gasteiger partial charge < -0.3 is 10.5 Å². The second-order valence-electron chi connectivity index (χ2n) is 4.79. The van der Waals surface area contributed by atoms with Crippen molar-refractivity contribution >= 4 is 5.97 Å². The van der Waals surface area contributed by atoms with E-state index in [4.69, 9.17) is 10.5 Å². The molecule has 0 aliphatic rings. The van der Waals surface area contributed by atoms with Crippen LogP contribution in [0, 0.1) is 11.8 Å². The van der Waals surface area contributed by atoms with Gasteiger partial charge in [-0.3, -0.25) is 4.79 Å². The minimum absolute atomic E-state index is 0.0346. The van der Waals surface area contributed by atoms with Crippen LogP contribution in [0.25, 0.3) is 0 Å². The molecule has 0 unspecified atom stereocenters. The van der Waals surface area contributed by atoms with Gasteiger partial charge in [-0.1, -0.05) is 34.1 Å². The summed E-state index contributed by atoms with van der Waals surface area (Å²) in [6.45, 7) is 10.1. The zero-order chi connectivity index (χ0) is 12.0. The lowest BCUT2D eigenvalue weighted by molar-refractivity contribution is -0.151. The SMILES string of the molecule is CC[C@H](C)[C@H](N)C(=O)O[C@@H](C)CC(C)C. The first-order valence-electron chi connectivity index (χ1n) is 5.84. The van der Waals surface area contributed by atoms with Crippen molar-refractivity contribution in [3.05, 3.63) is 0 Å². The van der Waals surface area contributed by atoms with Crippen LogP contribution in [0.2, 0.25) is 0 Å². The van der Waals surface area contributed by atoms with Gasteiger partial charge in [0, 0.05) is 0 Å². The minimum atomic E-state index is -0.482. The molecule has 0 aliphatic heterocycles. The van der Waals surface area contributed by atoms with Crippen LogP contribution in [0.4, 0.5) is 0 Å². The van der Waals surface area contributed by atoms with Crippen molar-refractivity contribution in [2.45, 2.75) is 59.6 Å². The molecular formula is C12H25NO2. The summed E-state index contributed by atoms with van der Waals surface area (Å²) in [6, 6.07) is -0.482. The van der Waals surface area contributed by atoms with Gasteiger partial charge in [-0.25, -0.2) is 0 Å². The first-order valence-corrected chi connectivity index (χ1v) is 5.84. The van der Waals surface area contributed by atoms with Crippen molar-refractivity contribution in [1.29, 1.82) is 0 Å². The molecule has 0 amide bonds. The summed E-state index contributed by atoms with van der Waals surface area (Å²) in [5.74, 6) is 0.453. The highest BCUT2D eigenvalue weighted by atomic mass is 16.5. The van der Waals surface area contributed by atoms with E-state index >= 15 is 0 Å². The van der Waals surface area contributed by atoms with Crippen LogP contribution in [0.3, 0.4) is 0 Å². The molecular weight excluding hydrogens is 190 g/mol. The van der Waals surface area contributed by atoms with E-state index in [1.165, 1.54) is 0 Å². The highest BCUT2D eigenvalue weighted by Gasteiger charge is 2.22. The fourth-order valence-electron chi connectivity index (χ4n) is 1.48. The van der Waals surface area contributed by atoms with E-state index in [1.54, 1.807) is 0 Å². The summed E-state index contributed by atoms with van der Waals surface area (Å²) >= 11 is 0. The lowest BCUT2D eigenvalue weighted by Gasteiger charge is -2.21. The van der Waals surface area contributed by atoms with E-state index in [2.05, 4.69) is 13.8 Å². The Labute approximate surface area is 93.4 Å². The van der Waals surface area contributed by atoms with Crippen LogP contribution < -0.4 is 5.73 Å². The fourth-order valence-corrected chi connectivity index (χ4v) is 1.48. The maximum Gasteiger partial charge on any atom is 0.323 e. The molecule has 3 atom stereocenters. The van der Waals surface area contributed by atoms with Crippen LogP contribution >= 0.6 is 0 Å². The Morgan fingerprint density at radius 3 is 2.20 bits per heavy atom. The summed E-state index contributed by atoms with van der Waals surface area (Å²) in [5, 5.41) is 0. The van der Waals surface area contributed by atoms with Crippen molar-refractivity contribution < 1.29 is 9.53 Å². The lowest BCUT2D eigenvalue weighted by Crippen LogP contribution is -2.39. The van der Waals surface area contributed by atoms with Gasteiger partial charge in [0.2, 0.25) is 0 Å². The average Bonchev–Trinajstić information content (AvgIpc) is 2.13. The molecule has 0 radical (unpaired) electrons. The normalized spacial score (nSPS) is 17.3. The standard InChI is InChI=1S/C12H25NO2/c1-6-9(4)11(13)12(14)15-10(5)7-8(2)3/h8-11H,6-7,13H2,1-5H3/t9-,10-,11-/m0/s1. The number of hydrogen-bond donors (Lipinski definition) is 1. The number of esters is 1. The van der Waals surface area contributed by atoms with Crippen LogP contribution in [-0.2, 0) is 9.53 Å². The summed E-state index contributed by atoms with van der Waals surface area (Å²) in [6.07, 6.45) is 1.75. The predicted molar refractivity (Wildman–Crippen MR) is 62.4 cm³/mol. The van der Waals surface area contributed by atoms with Crippen molar-refractivity contribution in [2.24, 2.45) is 17.6 Å². The Morgan fingerprint density at radius 1 is 1.27 bits per heavy atom. The molecule has 0 aromatic rings. The van der Waals surface area contributed by atoms with E-state index in [1.807, 2.05) is 20.8 Å². The van der Waals surface area contributed by atoms with E-state index in [0.717, 1.165) is 12.8 Å². The van der Waals surface area contributed by atoms with E-state index < -0.39 is 6.04 Å². The second kappa shape index (κ2) is 6.83. The number of carbonyl (C=O) groups is 1. The molecule has 0 aromatic heterocycles. The smallest absolute Gasteiger partial charge is 0.323 e. The highest BCUT2D eigenvalue weighted by Crippen LogP contribution is 2.11. The summed E-state index contributed by atoms with van der Waals surface area (Å²) in [4.78, 5) is 11.6. The van der Waals surface area contributed by atoms with E-state index in [0.29, 0.717) is 5.92 Å². The Balaban J connectivity index is 4.01. The molecule has 3 heteroatoms. The molecule has 0 heterocycles. The Bertz CT molecular complexity index is 192. The largest absolute Gasteiger partial charge is 0.461 e. The number of rotatable bonds is 6. The van der Waals surface area contributed by atoms with Crippen LogP contribution in [-0.4, -0.2) is 18.1 Å². The molecule has 0 aliphatic carbocycles. The van der Waals surface area contributed by atoms with Gasteiger partial charge in [0.05, 0.1) is 6.10 Å². The second-order valence-corrected chi connectivity index (χ2v) is 4.79. The number of ether oxygens (including phenoxy) is 1. The molecule has 0 saturated heterocycles. The molecule has 0 saturated carbocycles. The fraction of sp³-hybridized carbons (Fsp3) is 0.917. The molecule has 90 valence electrons. The molecule has 0 aromatic carbocycles. The minimum Gasteiger partial charge on any atom is -0.461 e. The van der Waals surface area contributed by atoms with Gasteiger partial charge in [-0.15, -0.1) is 0 Å². The monoisotopic (exact) mass is 215 g/mol. The quantitative estimate of drug-likeness (QED) is 0.692. The Hall–Kier alpha value is -0.570. The van der Waals surface area contributed by atoms with Crippen molar-refractivity contribution in [3.63, 3.8) is 0 Å². The van der Waals surface area contributed by atoms with Gasteiger partial charge in [-0.2, -0.15) is 0 Å². The van der Waals surface area contributed by atoms with Gasteiger partial charge >= 0.3 is 5.97 Å². The first-order chi connectivity index (χ1) is 6.88. The third kappa shape index (κ3) is 5.78. The number of nitrogens with two attached hydrogens (primary N) is 1. The maximum atomic E-state index is 11.6. The molecule has 3 nitrogen and oxygen atoms in total. The van der Waals surface area contributed by atoms with Crippen LogP contribution in [0.5, 0.6) is 0 Å². The number of hydrogen-bond acceptors (Lipinski definition) is 3. The van der Waals surface area contributed by atoms with Gasteiger partial charge in [0.25, 0.3) is 0 Å². The van der Waals surface area contributed by atoms with Crippen molar-refractivity contribution in [3.8, 4) is 0 Å². The highest BCUT2D eigenvalue weighted by molar-refractivity contribution is 5.75. The molecule has 0 bridgehead atoms. The van der Waals surface area contributed by atoms with Gasteiger partial charge in [-0.05, 0) is 25.2 Å². The summed E-state index contributed by atoms with van der Waals surface area (Å²) < 4.78 is 5.28. The van der Waals surface area contributed by atoms with Crippen molar-refractivity contribution in [2.75, 3.05) is 0 Å². The summed E-state index contributed by atoms with van der Waals surface area (Å²) in [7, 11) is 0. The lowest BCUT2D eigenvalue weighted by atomic mass is 10.0. The Kier molecular flexibility index (Phi) is 6.57. The third-order valence-electron chi connectivity index (χ3n) is 2.65. The molecule has 15 heavy (non-hydrogen) atoms. The van der Waals surface area contributed by atoms with Gasteiger partial charge in [0.15, 0.2) is 0 Å².